The molecule has 3 heteroatoms. The summed E-state index contributed by atoms with van der Waals surface area (Å²) in [4.78, 5) is 14.3. The molecule has 0 aromatic carbocycles. The molecule has 0 aromatic rings. The number of rotatable bonds is 5. The van der Waals surface area contributed by atoms with E-state index in [0.29, 0.717) is 23.8 Å². The fourth-order valence-corrected chi connectivity index (χ4v) is 3.14. The lowest BCUT2D eigenvalue weighted by atomic mass is 9.89. The number of nitrogens with one attached hydrogen (secondary N) is 1. The Hall–Kier alpha value is -0.570. The Morgan fingerprint density at radius 3 is 2.61 bits per heavy atom. The first-order valence-corrected chi connectivity index (χ1v) is 7.80. The van der Waals surface area contributed by atoms with Crippen molar-refractivity contribution in [2.45, 2.75) is 51.5 Å². The molecular weight excluding hydrogens is 224 g/mol. The van der Waals surface area contributed by atoms with E-state index in [0.717, 1.165) is 38.3 Å². The van der Waals surface area contributed by atoms with E-state index >= 15 is 0 Å². The number of nitrogens with zero attached hydrogens (tertiary/aromatic N) is 1. The van der Waals surface area contributed by atoms with Gasteiger partial charge in [-0.2, -0.15) is 0 Å². The van der Waals surface area contributed by atoms with Gasteiger partial charge in [0.05, 0.1) is 0 Å². The highest BCUT2D eigenvalue weighted by molar-refractivity contribution is 5.81. The molecule has 2 saturated carbocycles. The van der Waals surface area contributed by atoms with E-state index in [1.165, 1.54) is 25.8 Å². The number of hydrogen-bond acceptors (Lipinski definition) is 2. The zero-order valence-corrected chi connectivity index (χ0v) is 11.5. The molecule has 0 radical (unpaired) electrons. The molecule has 3 rings (SSSR count). The average molecular weight is 250 g/mol. The first-order chi connectivity index (χ1) is 8.78. The van der Waals surface area contributed by atoms with Crippen LogP contribution in [-0.2, 0) is 4.79 Å². The fourth-order valence-electron chi connectivity index (χ4n) is 3.14. The van der Waals surface area contributed by atoms with Crippen molar-refractivity contribution in [1.29, 1.82) is 0 Å². The van der Waals surface area contributed by atoms with Crippen molar-refractivity contribution in [3.05, 3.63) is 0 Å². The van der Waals surface area contributed by atoms with Crippen LogP contribution in [0.4, 0.5) is 0 Å². The largest absolute Gasteiger partial charge is 0.342 e. The Bertz CT molecular complexity index is 310. The molecule has 1 amide bonds. The number of carbonyl (C=O) groups is 1. The van der Waals surface area contributed by atoms with Crippen molar-refractivity contribution < 1.29 is 4.79 Å². The van der Waals surface area contributed by atoms with Crippen molar-refractivity contribution in [3.8, 4) is 0 Å². The van der Waals surface area contributed by atoms with Crippen LogP contribution in [0.1, 0.15) is 45.4 Å². The van der Waals surface area contributed by atoms with Gasteiger partial charge in [-0.25, -0.2) is 0 Å². The lowest BCUT2D eigenvalue weighted by Gasteiger charge is -2.39. The van der Waals surface area contributed by atoms with Crippen LogP contribution in [0.15, 0.2) is 0 Å². The fraction of sp³-hybridized carbons (Fsp3) is 0.933. The third-order valence-electron chi connectivity index (χ3n) is 4.86. The van der Waals surface area contributed by atoms with Gasteiger partial charge in [-0.15, -0.1) is 0 Å². The van der Waals surface area contributed by atoms with Gasteiger partial charge in [0.2, 0.25) is 5.91 Å². The molecule has 0 bridgehead atoms. The first-order valence-electron chi connectivity index (χ1n) is 7.80. The highest BCUT2D eigenvalue weighted by Crippen LogP contribution is 2.33. The van der Waals surface area contributed by atoms with Gasteiger partial charge in [0, 0.05) is 25.0 Å². The Morgan fingerprint density at radius 2 is 2.00 bits per heavy atom. The van der Waals surface area contributed by atoms with E-state index in [-0.39, 0.29) is 0 Å². The molecule has 3 fully saturated rings. The zero-order valence-electron chi connectivity index (χ0n) is 11.5. The van der Waals surface area contributed by atoms with Crippen molar-refractivity contribution in [2.75, 3.05) is 19.6 Å². The van der Waals surface area contributed by atoms with Crippen molar-refractivity contribution in [3.63, 3.8) is 0 Å². The summed E-state index contributed by atoms with van der Waals surface area (Å²) in [5.74, 6) is 2.45. The molecule has 1 aliphatic heterocycles. The number of amides is 1. The van der Waals surface area contributed by atoms with Gasteiger partial charge in [-0.3, -0.25) is 4.79 Å². The molecule has 18 heavy (non-hydrogen) atoms. The zero-order chi connectivity index (χ0) is 12.5. The molecule has 1 heterocycles. The summed E-state index contributed by atoms with van der Waals surface area (Å²) < 4.78 is 0. The second-order valence-electron chi connectivity index (χ2n) is 6.47. The molecule has 1 N–H and O–H groups in total. The standard InChI is InChI=1S/C15H26N2O/c1-2-12-10-17(15(18)13-5-6-13)8-7-14(12)16-9-11-3-4-11/h11-14,16H,2-10H2,1H3/t12-,14+/m0/s1. The van der Waals surface area contributed by atoms with Gasteiger partial charge in [0.15, 0.2) is 0 Å². The maximum Gasteiger partial charge on any atom is 0.225 e. The highest BCUT2D eigenvalue weighted by Gasteiger charge is 2.37. The number of hydrogen-bond donors (Lipinski definition) is 1. The minimum atomic E-state index is 0.387. The van der Waals surface area contributed by atoms with Gasteiger partial charge >= 0.3 is 0 Å². The Kier molecular flexibility index (Phi) is 3.60. The third-order valence-corrected chi connectivity index (χ3v) is 4.86. The summed E-state index contributed by atoms with van der Waals surface area (Å²) in [7, 11) is 0. The Morgan fingerprint density at radius 1 is 1.22 bits per heavy atom. The van der Waals surface area contributed by atoms with Gasteiger partial charge in [-0.05, 0) is 50.5 Å². The summed E-state index contributed by atoms with van der Waals surface area (Å²) in [6.45, 7) is 5.45. The van der Waals surface area contributed by atoms with Gasteiger partial charge in [0.1, 0.15) is 0 Å². The third kappa shape index (κ3) is 2.87. The Labute approximate surface area is 110 Å². The van der Waals surface area contributed by atoms with E-state index in [2.05, 4.69) is 17.1 Å². The second-order valence-corrected chi connectivity index (χ2v) is 6.47. The van der Waals surface area contributed by atoms with E-state index < -0.39 is 0 Å². The van der Waals surface area contributed by atoms with E-state index in [9.17, 15) is 4.79 Å². The topological polar surface area (TPSA) is 32.3 Å². The molecule has 3 nitrogen and oxygen atoms in total. The first kappa shape index (κ1) is 12.5. The summed E-state index contributed by atoms with van der Waals surface area (Å²) in [5, 5.41) is 3.75. The number of piperidine rings is 1. The number of likely N-dealkylation sites (tertiary alicyclic amines) is 1. The molecule has 0 spiro atoms. The van der Waals surface area contributed by atoms with Crippen LogP contribution in [0.2, 0.25) is 0 Å². The van der Waals surface area contributed by atoms with E-state index in [1.54, 1.807) is 0 Å². The van der Waals surface area contributed by atoms with Crippen LogP contribution >= 0.6 is 0 Å². The average Bonchev–Trinajstić information content (AvgIpc) is 3.28. The maximum absolute atomic E-state index is 12.1. The summed E-state index contributed by atoms with van der Waals surface area (Å²) in [5.41, 5.74) is 0. The van der Waals surface area contributed by atoms with Crippen LogP contribution in [0.3, 0.4) is 0 Å². The van der Waals surface area contributed by atoms with Crippen molar-refractivity contribution >= 4 is 5.91 Å². The summed E-state index contributed by atoms with van der Waals surface area (Å²) in [6, 6.07) is 0.652. The molecule has 2 aliphatic carbocycles. The summed E-state index contributed by atoms with van der Waals surface area (Å²) in [6.07, 6.45) is 7.46. The predicted molar refractivity (Wildman–Crippen MR) is 72.2 cm³/mol. The number of carbonyl (C=O) groups excluding carboxylic acids is 1. The molecule has 2 atom stereocenters. The normalized spacial score (nSPS) is 32.6. The molecular formula is C15H26N2O. The minimum absolute atomic E-state index is 0.387. The molecule has 3 aliphatic rings. The Balaban J connectivity index is 1.50. The molecule has 0 aromatic heterocycles. The van der Waals surface area contributed by atoms with Crippen LogP contribution in [0.25, 0.3) is 0 Å². The smallest absolute Gasteiger partial charge is 0.225 e. The second kappa shape index (κ2) is 5.20. The summed E-state index contributed by atoms with van der Waals surface area (Å²) >= 11 is 0. The van der Waals surface area contributed by atoms with E-state index in [4.69, 9.17) is 0 Å². The van der Waals surface area contributed by atoms with Gasteiger partial charge < -0.3 is 10.2 Å². The van der Waals surface area contributed by atoms with Gasteiger partial charge in [0.25, 0.3) is 0 Å². The quantitative estimate of drug-likeness (QED) is 0.809. The molecule has 102 valence electrons. The predicted octanol–water partition coefficient (Wildman–Crippen LogP) is 2.02. The van der Waals surface area contributed by atoms with E-state index in [1.807, 2.05) is 0 Å². The minimum Gasteiger partial charge on any atom is -0.342 e. The lowest BCUT2D eigenvalue weighted by molar-refractivity contribution is -0.134. The SMILES string of the molecule is CC[C@H]1CN(C(=O)C2CC2)CC[C@H]1NCC1CC1. The van der Waals surface area contributed by atoms with Crippen LogP contribution in [0, 0.1) is 17.8 Å². The van der Waals surface area contributed by atoms with Crippen LogP contribution < -0.4 is 5.32 Å². The van der Waals surface area contributed by atoms with Crippen molar-refractivity contribution in [1.82, 2.24) is 10.2 Å². The van der Waals surface area contributed by atoms with Crippen LogP contribution in [-0.4, -0.2) is 36.5 Å². The molecule has 1 saturated heterocycles. The van der Waals surface area contributed by atoms with Crippen molar-refractivity contribution in [2.24, 2.45) is 17.8 Å². The molecule has 0 unspecified atom stereocenters. The van der Waals surface area contributed by atoms with Crippen LogP contribution in [0.5, 0.6) is 0 Å². The monoisotopic (exact) mass is 250 g/mol. The maximum atomic E-state index is 12.1. The lowest BCUT2D eigenvalue weighted by Crippen LogP contribution is -2.51. The van der Waals surface area contributed by atoms with Gasteiger partial charge in [-0.1, -0.05) is 13.3 Å². The highest BCUT2D eigenvalue weighted by atomic mass is 16.2.